The molecule has 0 aromatic heterocycles. The summed E-state index contributed by atoms with van der Waals surface area (Å²) < 4.78 is 0. The van der Waals surface area contributed by atoms with Gasteiger partial charge in [-0.2, -0.15) is 0 Å². The molecule has 0 bridgehead atoms. The molecular weight excluding hydrogens is 234 g/mol. The van der Waals surface area contributed by atoms with Gasteiger partial charge in [0.1, 0.15) is 0 Å². The molecule has 0 unspecified atom stereocenters. The molecule has 0 saturated heterocycles. The van der Waals surface area contributed by atoms with Crippen LogP contribution in [0.3, 0.4) is 0 Å². The lowest BCUT2D eigenvalue weighted by molar-refractivity contribution is 0.536. The van der Waals surface area contributed by atoms with Crippen molar-refractivity contribution in [2.45, 2.75) is 90.4 Å². The Bertz CT molecular complexity index is 123. The highest BCUT2D eigenvalue weighted by atomic mass is 28.1. The van der Waals surface area contributed by atoms with Gasteiger partial charge in [-0.1, -0.05) is 84.0 Å². The van der Waals surface area contributed by atoms with Crippen molar-refractivity contribution < 1.29 is 0 Å². The second-order valence-corrected chi connectivity index (χ2v) is 6.30. The van der Waals surface area contributed by atoms with Crippen LogP contribution in [0.5, 0.6) is 0 Å². The second kappa shape index (κ2) is 17.2. The highest BCUT2D eigenvalue weighted by molar-refractivity contribution is 6.08. The zero-order valence-corrected chi connectivity index (χ0v) is 15.1. The Hall–Kier alpha value is 0.177. The molecule has 2 heteroatoms. The summed E-state index contributed by atoms with van der Waals surface area (Å²) in [6.45, 7) is 3.54. The molecule has 1 nitrogen and oxygen atoms in total. The zero-order chi connectivity index (χ0) is 13.3. The third-order valence-electron chi connectivity index (χ3n) is 3.71. The maximum absolute atomic E-state index is 3.45. The first-order valence-electron chi connectivity index (χ1n) is 8.62. The molecule has 0 aromatic rings. The Morgan fingerprint density at radius 2 is 1.00 bits per heavy atom. The molecule has 0 heterocycles. The van der Waals surface area contributed by atoms with E-state index in [0.717, 1.165) is 0 Å². The number of hydrogen-bond donors (Lipinski definition) is 1. The quantitative estimate of drug-likeness (QED) is 0.351. The SMILES string of the molecule is CCCCCCCCCCCCCCCNC[SiH3]. The van der Waals surface area contributed by atoms with E-state index in [1.165, 1.54) is 106 Å². The van der Waals surface area contributed by atoms with Crippen molar-refractivity contribution >= 4 is 10.2 Å². The highest BCUT2D eigenvalue weighted by Gasteiger charge is 1.93. The fraction of sp³-hybridized carbons (Fsp3) is 1.00. The smallest absolute Gasteiger partial charge is 0.0201 e. The zero-order valence-electron chi connectivity index (χ0n) is 13.1. The first-order valence-corrected chi connectivity index (χ1v) is 10.0. The first-order chi connectivity index (χ1) is 8.91. The second-order valence-electron chi connectivity index (χ2n) is 5.60. The maximum Gasteiger partial charge on any atom is 0.0201 e. The van der Waals surface area contributed by atoms with Gasteiger partial charge >= 0.3 is 0 Å². The minimum Gasteiger partial charge on any atom is -0.320 e. The van der Waals surface area contributed by atoms with Crippen molar-refractivity contribution in [1.82, 2.24) is 5.32 Å². The van der Waals surface area contributed by atoms with Crippen molar-refractivity contribution in [3.8, 4) is 0 Å². The van der Waals surface area contributed by atoms with Crippen LogP contribution in [-0.4, -0.2) is 23.0 Å². The van der Waals surface area contributed by atoms with E-state index in [1.54, 1.807) is 0 Å². The van der Waals surface area contributed by atoms with E-state index in [-0.39, 0.29) is 0 Å². The highest BCUT2D eigenvalue weighted by Crippen LogP contribution is 2.12. The number of nitrogens with one attached hydrogen (secondary N) is 1. The van der Waals surface area contributed by atoms with E-state index in [0.29, 0.717) is 0 Å². The van der Waals surface area contributed by atoms with Crippen LogP contribution in [0.2, 0.25) is 0 Å². The Morgan fingerprint density at radius 3 is 1.39 bits per heavy atom. The van der Waals surface area contributed by atoms with Crippen LogP contribution in [0.1, 0.15) is 90.4 Å². The Morgan fingerprint density at radius 1 is 0.611 bits per heavy atom. The first kappa shape index (κ1) is 18.2. The van der Waals surface area contributed by atoms with Gasteiger partial charge < -0.3 is 5.32 Å². The largest absolute Gasteiger partial charge is 0.320 e. The summed E-state index contributed by atoms with van der Waals surface area (Å²) in [4.78, 5) is 0. The molecule has 0 spiro atoms. The van der Waals surface area contributed by atoms with Crippen molar-refractivity contribution in [3.63, 3.8) is 0 Å². The van der Waals surface area contributed by atoms with Crippen molar-refractivity contribution in [2.24, 2.45) is 0 Å². The van der Waals surface area contributed by atoms with E-state index >= 15 is 0 Å². The van der Waals surface area contributed by atoms with Gasteiger partial charge in [-0.3, -0.25) is 0 Å². The van der Waals surface area contributed by atoms with Gasteiger partial charge in [-0.25, -0.2) is 0 Å². The van der Waals surface area contributed by atoms with E-state index < -0.39 is 0 Å². The fourth-order valence-corrected chi connectivity index (χ4v) is 2.80. The number of hydrogen-bond acceptors (Lipinski definition) is 1. The average molecular weight is 272 g/mol. The molecule has 0 radical (unpaired) electrons. The van der Waals surface area contributed by atoms with Gasteiger partial charge in [0.15, 0.2) is 0 Å². The monoisotopic (exact) mass is 271 g/mol. The van der Waals surface area contributed by atoms with Gasteiger partial charge in [-0.05, 0) is 19.1 Å². The third kappa shape index (κ3) is 16.2. The summed E-state index contributed by atoms with van der Waals surface area (Å²) in [5.41, 5.74) is 0. The Kier molecular flexibility index (Phi) is 17.3. The molecule has 0 aliphatic rings. The van der Waals surface area contributed by atoms with E-state index in [4.69, 9.17) is 0 Å². The average Bonchev–Trinajstić information content (AvgIpc) is 2.39. The molecule has 0 aliphatic heterocycles. The summed E-state index contributed by atoms with van der Waals surface area (Å²) in [6.07, 6.45) is 20.2. The molecule has 0 atom stereocenters. The van der Waals surface area contributed by atoms with Gasteiger partial charge in [-0.15, -0.1) is 0 Å². The van der Waals surface area contributed by atoms with E-state index in [9.17, 15) is 0 Å². The molecule has 0 aliphatic carbocycles. The molecule has 110 valence electrons. The number of rotatable bonds is 15. The normalized spacial score (nSPS) is 11.2. The predicted molar refractivity (Wildman–Crippen MR) is 88.5 cm³/mol. The lowest BCUT2D eigenvalue weighted by Gasteiger charge is -2.03. The molecular formula is C16H37NSi. The predicted octanol–water partition coefficient (Wildman–Crippen LogP) is 3.99. The molecule has 0 rings (SSSR count). The third-order valence-corrected chi connectivity index (χ3v) is 4.21. The standard InChI is InChI=1S/C16H37NSi/c1-2-3-4-5-6-7-8-9-10-11-12-13-14-15-17-16-18/h17H,2-16H2,1,18H3. The summed E-state index contributed by atoms with van der Waals surface area (Å²) in [7, 11) is 1.30. The van der Waals surface area contributed by atoms with E-state index in [2.05, 4.69) is 12.2 Å². The molecule has 1 N–H and O–H groups in total. The summed E-state index contributed by atoms with van der Waals surface area (Å²) >= 11 is 0. The lowest BCUT2D eigenvalue weighted by Crippen LogP contribution is -2.16. The summed E-state index contributed by atoms with van der Waals surface area (Å²) in [5.74, 6) is 0. The van der Waals surface area contributed by atoms with Crippen LogP contribution in [0, 0.1) is 0 Å². The van der Waals surface area contributed by atoms with Crippen molar-refractivity contribution in [2.75, 3.05) is 12.7 Å². The maximum atomic E-state index is 3.45. The molecule has 0 aromatic carbocycles. The Labute approximate surface area is 119 Å². The molecule has 18 heavy (non-hydrogen) atoms. The lowest BCUT2D eigenvalue weighted by atomic mass is 10.0. The van der Waals surface area contributed by atoms with Crippen molar-refractivity contribution in [3.05, 3.63) is 0 Å². The minimum atomic E-state index is 1.25. The van der Waals surface area contributed by atoms with Crippen LogP contribution in [-0.2, 0) is 0 Å². The van der Waals surface area contributed by atoms with Crippen LogP contribution >= 0.6 is 0 Å². The van der Waals surface area contributed by atoms with Gasteiger partial charge in [0.2, 0.25) is 0 Å². The van der Waals surface area contributed by atoms with Gasteiger partial charge in [0.25, 0.3) is 0 Å². The van der Waals surface area contributed by atoms with Crippen LogP contribution in [0.4, 0.5) is 0 Å². The van der Waals surface area contributed by atoms with Crippen LogP contribution < -0.4 is 5.32 Å². The molecule has 0 amide bonds. The van der Waals surface area contributed by atoms with Crippen LogP contribution in [0.25, 0.3) is 0 Å². The van der Waals surface area contributed by atoms with Gasteiger partial charge in [0.05, 0.1) is 0 Å². The molecule has 0 saturated carbocycles. The van der Waals surface area contributed by atoms with E-state index in [1.807, 2.05) is 0 Å². The summed E-state index contributed by atoms with van der Waals surface area (Å²) in [6, 6.07) is 0. The minimum absolute atomic E-state index is 1.25. The molecule has 0 fully saturated rings. The topological polar surface area (TPSA) is 12.0 Å². The fourth-order valence-electron chi connectivity index (χ4n) is 2.44. The number of unbranched alkanes of at least 4 members (excludes halogenated alkanes) is 12. The summed E-state index contributed by atoms with van der Waals surface area (Å²) in [5, 5.41) is 3.45. The van der Waals surface area contributed by atoms with Gasteiger partial charge in [0, 0.05) is 10.2 Å². The Balaban J connectivity index is 2.86. The van der Waals surface area contributed by atoms with Crippen molar-refractivity contribution in [1.29, 1.82) is 0 Å². The van der Waals surface area contributed by atoms with Crippen LogP contribution in [0.15, 0.2) is 0 Å².